The summed E-state index contributed by atoms with van der Waals surface area (Å²) in [6.45, 7) is 6.94. The first kappa shape index (κ1) is 13.3. The van der Waals surface area contributed by atoms with E-state index in [9.17, 15) is 5.11 Å². The van der Waals surface area contributed by atoms with Gasteiger partial charge in [0.1, 0.15) is 0 Å². The molecule has 1 heterocycles. The van der Waals surface area contributed by atoms with Crippen molar-refractivity contribution in [2.24, 2.45) is 5.92 Å². The minimum Gasteiger partial charge on any atom is -0.391 e. The van der Waals surface area contributed by atoms with Crippen LogP contribution in [-0.4, -0.2) is 48.3 Å². The number of aliphatic hydroxyl groups is 1. The number of hydrogen-bond acceptors (Lipinski definition) is 3. The molecule has 17 heavy (non-hydrogen) atoms. The second-order valence-corrected chi connectivity index (χ2v) is 5.77. The molecule has 2 rings (SSSR count). The Hall–Kier alpha value is -0.120. The van der Waals surface area contributed by atoms with Crippen molar-refractivity contribution in [3.8, 4) is 0 Å². The fourth-order valence-corrected chi connectivity index (χ4v) is 3.44. The summed E-state index contributed by atoms with van der Waals surface area (Å²) in [5.41, 5.74) is 0. The summed E-state index contributed by atoms with van der Waals surface area (Å²) in [6.07, 6.45) is 7.21. The lowest BCUT2D eigenvalue weighted by Crippen LogP contribution is -2.46. The first-order chi connectivity index (χ1) is 8.31. The van der Waals surface area contributed by atoms with Gasteiger partial charge in [0.2, 0.25) is 0 Å². The van der Waals surface area contributed by atoms with E-state index in [0.29, 0.717) is 6.04 Å². The standard InChI is InChI=1S/C14H28N2O/c1-2-9-16(13-6-3-7-14(13)17)11-12-5-4-8-15-10-12/h12-15,17H,2-11H2,1H3. The average molecular weight is 240 g/mol. The molecule has 2 N–H and O–H groups in total. The Labute approximate surface area is 106 Å². The monoisotopic (exact) mass is 240 g/mol. The predicted molar refractivity (Wildman–Crippen MR) is 71.1 cm³/mol. The fraction of sp³-hybridized carbons (Fsp3) is 1.00. The number of rotatable bonds is 5. The van der Waals surface area contributed by atoms with Gasteiger partial charge < -0.3 is 10.4 Å². The minimum absolute atomic E-state index is 0.0712. The van der Waals surface area contributed by atoms with Crippen molar-refractivity contribution < 1.29 is 5.11 Å². The van der Waals surface area contributed by atoms with Gasteiger partial charge in [-0.2, -0.15) is 0 Å². The number of hydrogen-bond donors (Lipinski definition) is 2. The Morgan fingerprint density at radius 3 is 2.71 bits per heavy atom. The van der Waals surface area contributed by atoms with Crippen LogP contribution in [-0.2, 0) is 0 Å². The van der Waals surface area contributed by atoms with Crippen LogP contribution >= 0.6 is 0 Å². The van der Waals surface area contributed by atoms with Gasteiger partial charge in [-0.15, -0.1) is 0 Å². The van der Waals surface area contributed by atoms with Crippen molar-refractivity contribution in [1.29, 1.82) is 0 Å². The lowest BCUT2D eigenvalue weighted by molar-refractivity contribution is 0.0576. The highest BCUT2D eigenvalue weighted by Crippen LogP contribution is 2.26. The van der Waals surface area contributed by atoms with Crippen LogP contribution in [0.15, 0.2) is 0 Å². The molecule has 2 aliphatic rings. The second kappa shape index (κ2) is 6.72. The van der Waals surface area contributed by atoms with Crippen molar-refractivity contribution in [3.63, 3.8) is 0 Å². The zero-order chi connectivity index (χ0) is 12.1. The molecule has 0 radical (unpaired) electrons. The Kier molecular flexibility index (Phi) is 5.26. The van der Waals surface area contributed by atoms with Crippen molar-refractivity contribution in [3.05, 3.63) is 0 Å². The lowest BCUT2D eigenvalue weighted by Gasteiger charge is -2.35. The van der Waals surface area contributed by atoms with Crippen LogP contribution in [0.5, 0.6) is 0 Å². The van der Waals surface area contributed by atoms with Gasteiger partial charge in [0.15, 0.2) is 0 Å². The Balaban J connectivity index is 1.86. The Bertz CT molecular complexity index is 216. The van der Waals surface area contributed by atoms with Crippen LogP contribution in [0.4, 0.5) is 0 Å². The summed E-state index contributed by atoms with van der Waals surface area (Å²) >= 11 is 0. The fourth-order valence-electron chi connectivity index (χ4n) is 3.44. The normalized spacial score (nSPS) is 34.4. The van der Waals surface area contributed by atoms with Gasteiger partial charge in [0, 0.05) is 12.6 Å². The topological polar surface area (TPSA) is 35.5 Å². The largest absolute Gasteiger partial charge is 0.391 e. The highest BCUT2D eigenvalue weighted by Gasteiger charge is 2.31. The Morgan fingerprint density at radius 1 is 1.24 bits per heavy atom. The predicted octanol–water partition coefficient (Wildman–Crippen LogP) is 1.61. The molecule has 1 saturated heterocycles. The van der Waals surface area contributed by atoms with E-state index < -0.39 is 0 Å². The molecule has 1 saturated carbocycles. The number of nitrogens with one attached hydrogen (secondary N) is 1. The molecule has 3 unspecified atom stereocenters. The summed E-state index contributed by atoms with van der Waals surface area (Å²) in [4.78, 5) is 2.56. The van der Waals surface area contributed by atoms with Crippen LogP contribution in [0.3, 0.4) is 0 Å². The molecule has 0 aromatic heterocycles. The minimum atomic E-state index is -0.0712. The molecule has 3 heteroatoms. The van der Waals surface area contributed by atoms with Gasteiger partial charge in [0.25, 0.3) is 0 Å². The van der Waals surface area contributed by atoms with E-state index in [1.165, 1.54) is 51.7 Å². The summed E-state index contributed by atoms with van der Waals surface area (Å²) < 4.78 is 0. The highest BCUT2D eigenvalue weighted by molar-refractivity contribution is 4.86. The van der Waals surface area contributed by atoms with E-state index in [1.807, 2.05) is 0 Å². The van der Waals surface area contributed by atoms with Crippen LogP contribution in [0.1, 0.15) is 45.4 Å². The summed E-state index contributed by atoms with van der Waals surface area (Å²) in [5.74, 6) is 0.795. The van der Waals surface area contributed by atoms with E-state index in [1.54, 1.807) is 0 Å². The van der Waals surface area contributed by atoms with Crippen molar-refractivity contribution in [2.45, 2.75) is 57.6 Å². The van der Waals surface area contributed by atoms with Gasteiger partial charge in [-0.1, -0.05) is 6.92 Å². The van der Waals surface area contributed by atoms with Gasteiger partial charge in [-0.3, -0.25) is 4.90 Å². The lowest BCUT2D eigenvalue weighted by atomic mass is 9.98. The van der Waals surface area contributed by atoms with Crippen molar-refractivity contribution in [1.82, 2.24) is 10.2 Å². The molecule has 2 fully saturated rings. The average Bonchev–Trinajstić information content (AvgIpc) is 2.76. The van der Waals surface area contributed by atoms with Gasteiger partial charge >= 0.3 is 0 Å². The SMILES string of the molecule is CCCN(CC1CCCNC1)C1CCCC1O. The third kappa shape index (κ3) is 3.67. The third-order valence-electron chi connectivity index (χ3n) is 4.32. The van der Waals surface area contributed by atoms with Gasteiger partial charge in [-0.05, 0) is 64.1 Å². The second-order valence-electron chi connectivity index (χ2n) is 5.77. The first-order valence-corrected chi connectivity index (χ1v) is 7.44. The molecule has 0 aromatic rings. The van der Waals surface area contributed by atoms with Crippen LogP contribution < -0.4 is 5.32 Å². The van der Waals surface area contributed by atoms with Crippen molar-refractivity contribution >= 4 is 0 Å². The smallest absolute Gasteiger partial charge is 0.0695 e. The quantitative estimate of drug-likeness (QED) is 0.766. The van der Waals surface area contributed by atoms with E-state index in [2.05, 4.69) is 17.1 Å². The molecular formula is C14H28N2O. The molecule has 1 aliphatic carbocycles. The van der Waals surface area contributed by atoms with Crippen LogP contribution in [0.25, 0.3) is 0 Å². The zero-order valence-corrected chi connectivity index (χ0v) is 11.2. The molecule has 100 valence electrons. The van der Waals surface area contributed by atoms with E-state index in [0.717, 1.165) is 18.9 Å². The maximum atomic E-state index is 10.1. The molecule has 0 bridgehead atoms. The molecule has 3 atom stereocenters. The van der Waals surface area contributed by atoms with Crippen molar-refractivity contribution in [2.75, 3.05) is 26.2 Å². The molecular weight excluding hydrogens is 212 g/mol. The first-order valence-electron chi connectivity index (χ1n) is 7.44. The third-order valence-corrected chi connectivity index (χ3v) is 4.32. The summed E-state index contributed by atoms with van der Waals surface area (Å²) in [5, 5.41) is 13.6. The molecule has 1 aliphatic heterocycles. The van der Waals surface area contributed by atoms with Crippen LogP contribution in [0.2, 0.25) is 0 Å². The maximum absolute atomic E-state index is 10.1. The molecule has 0 spiro atoms. The highest BCUT2D eigenvalue weighted by atomic mass is 16.3. The maximum Gasteiger partial charge on any atom is 0.0695 e. The summed E-state index contributed by atoms with van der Waals surface area (Å²) in [6, 6.07) is 0.442. The van der Waals surface area contributed by atoms with Crippen LogP contribution in [0, 0.1) is 5.92 Å². The number of aliphatic hydroxyl groups excluding tert-OH is 1. The number of piperidine rings is 1. The van der Waals surface area contributed by atoms with E-state index in [-0.39, 0.29) is 6.10 Å². The van der Waals surface area contributed by atoms with E-state index >= 15 is 0 Å². The summed E-state index contributed by atoms with van der Waals surface area (Å²) in [7, 11) is 0. The van der Waals surface area contributed by atoms with Gasteiger partial charge in [0.05, 0.1) is 6.10 Å². The molecule has 3 nitrogen and oxygen atoms in total. The zero-order valence-electron chi connectivity index (χ0n) is 11.2. The Morgan fingerprint density at radius 2 is 2.12 bits per heavy atom. The number of nitrogens with zero attached hydrogens (tertiary/aromatic N) is 1. The van der Waals surface area contributed by atoms with Gasteiger partial charge in [-0.25, -0.2) is 0 Å². The molecule has 0 amide bonds. The van der Waals surface area contributed by atoms with E-state index in [4.69, 9.17) is 0 Å². The molecule has 0 aromatic carbocycles.